The van der Waals surface area contributed by atoms with Crippen LogP contribution in [0.15, 0.2) is 212 Å². The van der Waals surface area contributed by atoms with Gasteiger partial charge in [-0.3, -0.25) is 0 Å². The van der Waals surface area contributed by atoms with Gasteiger partial charge in [-0.1, -0.05) is 200 Å². The van der Waals surface area contributed by atoms with Crippen molar-refractivity contribution < 1.29 is 0 Å². The fourth-order valence-corrected chi connectivity index (χ4v) is 11.4. The Morgan fingerprint density at radius 1 is 0.333 bits per heavy atom. The van der Waals surface area contributed by atoms with E-state index >= 15 is 0 Å². The van der Waals surface area contributed by atoms with E-state index in [4.69, 9.17) is 0 Å². The zero-order valence-electron chi connectivity index (χ0n) is 31.2. The second kappa shape index (κ2) is 12.6. The van der Waals surface area contributed by atoms with Crippen molar-refractivity contribution >= 4 is 31.5 Å². The first-order chi connectivity index (χ1) is 28.3. The molecular formula is C56H36S. The Hall–Kier alpha value is -6.80. The molecule has 1 atom stereocenters. The van der Waals surface area contributed by atoms with Crippen molar-refractivity contribution in [3.05, 3.63) is 251 Å². The number of hydrogen-bond donors (Lipinski definition) is 0. The lowest BCUT2D eigenvalue weighted by Gasteiger charge is -2.31. The highest BCUT2D eigenvalue weighted by atomic mass is 32.1. The highest BCUT2D eigenvalue weighted by molar-refractivity contribution is 7.25. The Labute approximate surface area is 337 Å². The number of benzene rings is 9. The highest BCUT2D eigenvalue weighted by Crippen LogP contribution is 2.64. The average Bonchev–Trinajstić information content (AvgIpc) is 3.91. The first-order valence-corrected chi connectivity index (χ1v) is 20.7. The third kappa shape index (κ3) is 4.73. The lowest BCUT2D eigenvalue weighted by molar-refractivity contribution is 0.792. The molecule has 1 unspecified atom stereocenters. The molecule has 0 fully saturated rings. The van der Waals surface area contributed by atoms with Crippen molar-refractivity contribution in [2.24, 2.45) is 0 Å². The van der Waals surface area contributed by atoms with Gasteiger partial charge in [0.15, 0.2) is 0 Å². The number of rotatable bonds is 5. The largest absolute Gasteiger partial charge is 0.135 e. The topological polar surface area (TPSA) is 0 Å². The number of thiophene rings is 1. The van der Waals surface area contributed by atoms with Crippen LogP contribution in [0.25, 0.3) is 64.7 Å². The minimum absolute atomic E-state index is 0.0131. The molecule has 57 heavy (non-hydrogen) atoms. The van der Waals surface area contributed by atoms with E-state index in [-0.39, 0.29) is 11.3 Å². The molecule has 1 aromatic heterocycles. The van der Waals surface area contributed by atoms with Crippen molar-refractivity contribution in [3.8, 4) is 44.5 Å². The maximum absolute atomic E-state index is 2.47. The Balaban J connectivity index is 1.07. The van der Waals surface area contributed by atoms with E-state index in [9.17, 15) is 0 Å². The molecule has 0 amide bonds. The van der Waals surface area contributed by atoms with Crippen LogP contribution in [0, 0.1) is 0 Å². The molecule has 0 N–H and O–H groups in total. The fraction of sp³-hybridized carbons (Fsp3) is 0.0357. The average molecular weight is 741 g/mol. The van der Waals surface area contributed by atoms with E-state index in [0.717, 1.165) is 0 Å². The molecule has 10 aromatic rings. The molecule has 0 radical (unpaired) electrons. The molecule has 1 spiro atoms. The molecule has 9 aromatic carbocycles. The van der Waals surface area contributed by atoms with Crippen molar-refractivity contribution in [3.63, 3.8) is 0 Å². The first kappa shape index (κ1) is 32.4. The highest BCUT2D eigenvalue weighted by Gasteiger charge is 2.52. The molecule has 2 aliphatic carbocycles. The third-order valence-electron chi connectivity index (χ3n) is 12.7. The van der Waals surface area contributed by atoms with Crippen LogP contribution in [0.2, 0.25) is 0 Å². The van der Waals surface area contributed by atoms with Gasteiger partial charge in [0.1, 0.15) is 0 Å². The molecule has 1 heteroatoms. The molecule has 1 heterocycles. The van der Waals surface area contributed by atoms with Gasteiger partial charge in [-0.15, -0.1) is 11.3 Å². The van der Waals surface area contributed by atoms with Gasteiger partial charge in [0.05, 0.1) is 5.41 Å². The molecule has 2 aliphatic rings. The van der Waals surface area contributed by atoms with E-state index in [0.29, 0.717) is 0 Å². The summed E-state index contributed by atoms with van der Waals surface area (Å²) in [5, 5.41) is 2.66. The monoisotopic (exact) mass is 740 g/mol. The van der Waals surface area contributed by atoms with Gasteiger partial charge < -0.3 is 0 Å². The normalized spacial score (nSPS) is 13.7. The zero-order chi connectivity index (χ0) is 37.5. The Kier molecular flexibility index (Phi) is 7.18. The lowest BCUT2D eigenvalue weighted by atomic mass is 9.70. The van der Waals surface area contributed by atoms with Gasteiger partial charge >= 0.3 is 0 Å². The summed E-state index contributed by atoms with van der Waals surface area (Å²) in [6.07, 6.45) is 0. The van der Waals surface area contributed by atoms with E-state index < -0.39 is 0 Å². The lowest BCUT2D eigenvalue weighted by Crippen LogP contribution is -2.25. The van der Waals surface area contributed by atoms with Crippen LogP contribution in [0.1, 0.15) is 44.9 Å². The first-order valence-electron chi connectivity index (χ1n) is 19.9. The number of hydrogen-bond acceptors (Lipinski definition) is 1. The van der Waals surface area contributed by atoms with Crippen LogP contribution in [-0.4, -0.2) is 0 Å². The molecule has 12 rings (SSSR count). The van der Waals surface area contributed by atoms with Gasteiger partial charge in [0, 0.05) is 26.1 Å². The smallest absolute Gasteiger partial charge is 0.0725 e. The van der Waals surface area contributed by atoms with Gasteiger partial charge in [-0.2, -0.15) is 0 Å². The molecule has 0 aliphatic heterocycles. The Bertz CT molecular complexity index is 3120. The van der Waals surface area contributed by atoms with E-state index in [1.54, 1.807) is 0 Å². The summed E-state index contributed by atoms with van der Waals surface area (Å²) in [6.45, 7) is 0. The molecule has 0 bridgehead atoms. The van der Waals surface area contributed by atoms with E-state index in [1.165, 1.54) is 104 Å². The quantitative estimate of drug-likeness (QED) is 0.154. The van der Waals surface area contributed by atoms with Crippen molar-refractivity contribution in [1.29, 1.82) is 0 Å². The van der Waals surface area contributed by atoms with Crippen molar-refractivity contribution in [1.82, 2.24) is 0 Å². The summed E-state index contributed by atoms with van der Waals surface area (Å²) < 4.78 is 2.66. The zero-order valence-corrected chi connectivity index (χ0v) is 32.0. The van der Waals surface area contributed by atoms with Gasteiger partial charge in [0.2, 0.25) is 0 Å². The van der Waals surface area contributed by atoms with Crippen LogP contribution >= 0.6 is 11.3 Å². The maximum atomic E-state index is 2.47. The van der Waals surface area contributed by atoms with Crippen LogP contribution < -0.4 is 0 Å². The second-order valence-electron chi connectivity index (χ2n) is 15.5. The van der Waals surface area contributed by atoms with Crippen LogP contribution in [0.5, 0.6) is 0 Å². The maximum Gasteiger partial charge on any atom is 0.0725 e. The predicted octanol–water partition coefficient (Wildman–Crippen LogP) is 14.9. The SMILES string of the molecule is c1ccc(-c2ccc(-c3ccc(C(c4ccc5c(c4)sc4ccccc45)c4cccc5c4-c4ccccc4C54c5ccccc5-c5ccccc54)cc3)cc2)cc1. The van der Waals surface area contributed by atoms with Crippen molar-refractivity contribution in [2.45, 2.75) is 11.3 Å². The summed E-state index contributed by atoms with van der Waals surface area (Å²) in [7, 11) is 0. The van der Waals surface area contributed by atoms with Crippen LogP contribution in [-0.2, 0) is 5.41 Å². The van der Waals surface area contributed by atoms with Gasteiger partial charge in [-0.25, -0.2) is 0 Å². The van der Waals surface area contributed by atoms with E-state index in [1.807, 2.05) is 11.3 Å². The minimum atomic E-state index is -0.384. The van der Waals surface area contributed by atoms with Crippen LogP contribution in [0.4, 0.5) is 0 Å². The molecule has 0 nitrogen and oxygen atoms in total. The predicted molar refractivity (Wildman–Crippen MR) is 240 cm³/mol. The van der Waals surface area contributed by atoms with Gasteiger partial charge in [-0.05, 0) is 95.6 Å². The molecular weight excluding hydrogens is 705 g/mol. The summed E-state index contributed by atoms with van der Waals surface area (Å²) in [4.78, 5) is 0. The second-order valence-corrected chi connectivity index (χ2v) is 16.6. The minimum Gasteiger partial charge on any atom is -0.135 e. The van der Waals surface area contributed by atoms with Crippen molar-refractivity contribution in [2.75, 3.05) is 0 Å². The van der Waals surface area contributed by atoms with E-state index in [2.05, 4.69) is 212 Å². The summed E-state index contributed by atoms with van der Waals surface area (Å²) in [5.74, 6) is 0.0131. The Morgan fingerprint density at radius 2 is 0.825 bits per heavy atom. The number of fused-ring (bicyclic) bond motifs is 13. The summed E-state index contributed by atoms with van der Waals surface area (Å²) in [5.41, 5.74) is 19.3. The fourth-order valence-electron chi connectivity index (χ4n) is 10.2. The molecule has 266 valence electrons. The standard InChI is InChI=1S/C56H36S/c1-2-13-36(14-3-1)37-25-27-38(28-26-37)39-29-31-40(32-30-39)54(41-33-34-45-44-17-7-11-24-52(44)57-53(45)35-41)47-19-12-23-51-55(47)46-18-6-10-22-50(46)56(51)48-20-8-4-15-42(48)43-16-5-9-21-49(43)56/h1-35,54H. The Morgan fingerprint density at radius 3 is 1.51 bits per heavy atom. The van der Waals surface area contributed by atoms with Crippen LogP contribution in [0.3, 0.4) is 0 Å². The molecule has 0 saturated heterocycles. The molecule has 0 saturated carbocycles. The summed E-state index contributed by atoms with van der Waals surface area (Å²) in [6, 6.07) is 79.5. The third-order valence-corrected chi connectivity index (χ3v) is 13.8. The van der Waals surface area contributed by atoms with Gasteiger partial charge in [0.25, 0.3) is 0 Å². The summed E-state index contributed by atoms with van der Waals surface area (Å²) >= 11 is 1.90.